The molecule has 1 aromatic heterocycles. The molecule has 36 heavy (non-hydrogen) atoms. The minimum Gasteiger partial charge on any atom is -0.497 e. The molecule has 1 N–H and O–H groups in total. The van der Waals surface area contributed by atoms with Gasteiger partial charge in [-0.1, -0.05) is 24.3 Å². The second kappa shape index (κ2) is 10.2. The maximum Gasteiger partial charge on any atom is 0.219 e. The van der Waals surface area contributed by atoms with Crippen LogP contribution in [0.1, 0.15) is 30.9 Å². The van der Waals surface area contributed by atoms with Crippen molar-refractivity contribution >= 4 is 22.6 Å². The number of amides is 1. The fourth-order valence-corrected chi connectivity index (χ4v) is 4.48. The Morgan fingerprint density at radius 1 is 1.00 bits per heavy atom. The van der Waals surface area contributed by atoms with Gasteiger partial charge in [0.15, 0.2) is 0 Å². The fraction of sp³-hybridized carbons (Fsp3) is 0.276. The van der Waals surface area contributed by atoms with Crippen LogP contribution in [0.25, 0.3) is 22.0 Å². The van der Waals surface area contributed by atoms with Gasteiger partial charge in [-0.15, -0.1) is 0 Å². The second-order valence-corrected chi connectivity index (χ2v) is 9.06. The SMILES string of the molecule is COc1ccc(CNc2ncnc3ccc(-c4cccc(CN(C(C)=O)C5CC5)c4)cc23)c(OC)c1. The Bertz CT molecular complexity index is 1400. The second-order valence-electron chi connectivity index (χ2n) is 9.06. The highest BCUT2D eigenvalue weighted by molar-refractivity contribution is 5.92. The summed E-state index contributed by atoms with van der Waals surface area (Å²) >= 11 is 0. The first-order valence-electron chi connectivity index (χ1n) is 12.1. The number of carbonyl (C=O) groups is 1. The number of nitrogens with one attached hydrogen (secondary N) is 1. The van der Waals surface area contributed by atoms with Crippen molar-refractivity contribution in [1.29, 1.82) is 0 Å². The van der Waals surface area contributed by atoms with Crippen molar-refractivity contribution in [3.63, 3.8) is 0 Å². The van der Waals surface area contributed by atoms with Gasteiger partial charge in [-0.25, -0.2) is 9.97 Å². The van der Waals surface area contributed by atoms with Crippen LogP contribution >= 0.6 is 0 Å². The topological polar surface area (TPSA) is 76.6 Å². The summed E-state index contributed by atoms with van der Waals surface area (Å²) in [5.74, 6) is 2.39. The number of fused-ring (bicyclic) bond motifs is 1. The molecular weight excluding hydrogens is 452 g/mol. The van der Waals surface area contributed by atoms with E-state index >= 15 is 0 Å². The number of benzene rings is 3. The van der Waals surface area contributed by atoms with Crippen molar-refractivity contribution in [2.75, 3.05) is 19.5 Å². The minimum absolute atomic E-state index is 0.134. The molecule has 0 saturated heterocycles. The van der Waals surface area contributed by atoms with Crippen LogP contribution in [0.15, 0.2) is 67.0 Å². The number of hydrogen-bond donors (Lipinski definition) is 1. The Morgan fingerprint density at radius 2 is 1.83 bits per heavy atom. The largest absolute Gasteiger partial charge is 0.497 e. The van der Waals surface area contributed by atoms with E-state index in [1.54, 1.807) is 27.5 Å². The van der Waals surface area contributed by atoms with Gasteiger partial charge in [0, 0.05) is 43.1 Å². The van der Waals surface area contributed by atoms with Crippen molar-refractivity contribution in [3.8, 4) is 22.6 Å². The summed E-state index contributed by atoms with van der Waals surface area (Å²) in [6, 6.07) is 20.8. The van der Waals surface area contributed by atoms with E-state index in [0.717, 1.165) is 63.3 Å². The summed E-state index contributed by atoms with van der Waals surface area (Å²) in [6.45, 7) is 2.84. The molecule has 1 aliphatic rings. The molecule has 184 valence electrons. The molecule has 0 aliphatic heterocycles. The lowest BCUT2D eigenvalue weighted by atomic mass is 10.0. The summed E-state index contributed by atoms with van der Waals surface area (Å²) in [5, 5.41) is 4.39. The van der Waals surface area contributed by atoms with Gasteiger partial charge in [-0.05, 0) is 59.9 Å². The van der Waals surface area contributed by atoms with E-state index in [1.807, 2.05) is 29.2 Å². The lowest BCUT2D eigenvalue weighted by molar-refractivity contribution is -0.130. The molecule has 3 aromatic carbocycles. The van der Waals surface area contributed by atoms with Crippen LogP contribution in [0.4, 0.5) is 5.82 Å². The predicted molar refractivity (Wildman–Crippen MR) is 141 cm³/mol. The normalized spacial score (nSPS) is 12.9. The van der Waals surface area contributed by atoms with Crippen LogP contribution in [0.5, 0.6) is 11.5 Å². The van der Waals surface area contributed by atoms with Crippen LogP contribution < -0.4 is 14.8 Å². The highest BCUT2D eigenvalue weighted by atomic mass is 16.5. The summed E-state index contributed by atoms with van der Waals surface area (Å²) in [7, 11) is 3.29. The zero-order chi connectivity index (χ0) is 25.1. The first kappa shape index (κ1) is 23.6. The average molecular weight is 483 g/mol. The first-order chi connectivity index (χ1) is 17.6. The van der Waals surface area contributed by atoms with Gasteiger partial charge >= 0.3 is 0 Å². The molecule has 5 rings (SSSR count). The Hall–Kier alpha value is -4.13. The van der Waals surface area contributed by atoms with Crippen LogP contribution in [0.2, 0.25) is 0 Å². The molecule has 0 atom stereocenters. The molecule has 4 aromatic rings. The van der Waals surface area contributed by atoms with E-state index in [0.29, 0.717) is 19.1 Å². The number of carbonyl (C=O) groups excluding carboxylic acids is 1. The molecule has 0 radical (unpaired) electrons. The van der Waals surface area contributed by atoms with Crippen LogP contribution in [0, 0.1) is 0 Å². The average Bonchev–Trinajstić information content (AvgIpc) is 3.75. The molecule has 7 heteroatoms. The van der Waals surface area contributed by atoms with Gasteiger partial charge in [0.1, 0.15) is 23.6 Å². The van der Waals surface area contributed by atoms with Gasteiger partial charge in [-0.2, -0.15) is 0 Å². The molecule has 0 unspecified atom stereocenters. The minimum atomic E-state index is 0.134. The third-order valence-electron chi connectivity index (χ3n) is 6.58. The van der Waals surface area contributed by atoms with Gasteiger partial charge < -0.3 is 19.7 Å². The Balaban J connectivity index is 1.41. The van der Waals surface area contributed by atoms with E-state index in [9.17, 15) is 4.79 Å². The Kier molecular flexibility index (Phi) is 6.71. The van der Waals surface area contributed by atoms with E-state index in [2.05, 4.69) is 51.7 Å². The van der Waals surface area contributed by atoms with Gasteiger partial charge in [0.2, 0.25) is 5.91 Å². The highest BCUT2D eigenvalue weighted by Crippen LogP contribution is 2.31. The standard InChI is InChI=1S/C29H30N4O3/c1-19(34)33(24-9-10-24)17-20-5-4-6-21(13-20)22-8-12-27-26(14-22)29(32-18-31-27)30-16-23-7-11-25(35-2)15-28(23)36-3/h4-8,11-15,18,24H,9-10,16-17H2,1-3H3,(H,30,31,32). The summed E-state index contributed by atoms with van der Waals surface area (Å²) < 4.78 is 10.8. The smallest absolute Gasteiger partial charge is 0.219 e. The number of hydrogen-bond acceptors (Lipinski definition) is 6. The van der Waals surface area contributed by atoms with Gasteiger partial charge in [0.25, 0.3) is 0 Å². The van der Waals surface area contributed by atoms with Crippen LogP contribution in [-0.2, 0) is 17.9 Å². The molecule has 1 amide bonds. The predicted octanol–water partition coefficient (Wildman–Crippen LogP) is 5.44. The maximum absolute atomic E-state index is 12.1. The van der Waals surface area contributed by atoms with E-state index in [4.69, 9.17) is 9.47 Å². The Labute approximate surface area is 211 Å². The third kappa shape index (κ3) is 5.10. The first-order valence-corrected chi connectivity index (χ1v) is 12.1. The number of rotatable bonds is 9. The molecule has 1 heterocycles. The molecule has 0 bridgehead atoms. The number of ether oxygens (including phenoxy) is 2. The maximum atomic E-state index is 12.1. The number of anilines is 1. The van der Waals surface area contributed by atoms with Gasteiger partial charge in [0.05, 0.1) is 19.7 Å². The molecule has 7 nitrogen and oxygen atoms in total. The lowest BCUT2D eigenvalue weighted by Gasteiger charge is -2.21. The van der Waals surface area contributed by atoms with Crippen molar-refractivity contribution < 1.29 is 14.3 Å². The van der Waals surface area contributed by atoms with E-state index in [-0.39, 0.29) is 5.91 Å². The third-order valence-corrected chi connectivity index (χ3v) is 6.58. The summed E-state index contributed by atoms with van der Waals surface area (Å²) in [4.78, 5) is 23.0. The molecule has 1 fully saturated rings. The van der Waals surface area contributed by atoms with E-state index in [1.165, 1.54) is 0 Å². The molecule has 0 spiro atoms. The zero-order valence-corrected chi connectivity index (χ0v) is 20.8. The summed E-state index contributed by atoms with van der Waals surface area (Å²) in [6.07, 6.45) is 3.77. The van der Waals surface area contributed by atoms with Crippen LogP contribution in [0.3, 0.4) is 0 Å². The number of aromatic nitrogens is 2. The van der Waals surface area contributed by atoms with Crippen molar-refractivity contribution in [3.05, 3.63) is 78.1 Å². The van der Waals surface area contributed by atoms with Gasteiger partial charge in [-0.3, -0.25) is 4.79 Å². The van der Waals surface area contributed by atoms with Crippen molar-refractivity contribution in [2.45, 2.75) is 38.9 Å². The fourth-order valence-electron chi connectivity index (χ4n) is 4.48. The molecule has 1 saturated carbocycles. The molecule has 1 aliphatic carbocycles. The van der Waals surface area contributed by atoms with Crippen LogP contribution in [-0.4, -0.2) is 41.0 Å². The lowest BCUT2D eigenvalue weighted by Crippen LogP contribution is -2.30. The quantitative estimate of drug-likeness (QED) is 0.343. The highest BCUT2D eigenvalue weighted by Gasteiger charge is 2.30. The zero-order valence-electron chi connectivity index (χ0n) is 20.8. The summed E-state index contributed by atoms with van der Waals surface area (Å²) in [5.41, 5.74) is 5.17. The monoisotopic (exact) mass is 482 g/mol. The Morgan fingerprint density at radius 3 is 2.58 bits per heavy atom. The van der Waals surface area contributed by atoms with E-state index < -0.39 is 0 Å². The molecular formula is C29H30N4O3. The van der Waals surface area contributed by atoms with Crippen molar-refractivity contribution in [1.82, 2.24) is 14.9 Å². The number of methoxy groups -OCH3 is 2. The van der Waals surface area contributed by atoms with Crippen molar-refractivity contribution in [2.24, 2.45) is 0 Å². The number of nitrogens with zero attached hydrogens (tertiary/aromatic N) is 3.